The Labute approximate surface area is 127 Å². The van der Waals surface area contributed by atoms with E-state index in [1.807, 2.05) is 18.3 Å². The van der Waals surface area contributed by atoms with Gasteiger partial charge in [-0.3, -0.25) is 9.88 Å². The largest absolute Gasteiger partial charge is 0.463 e. The van der Waals surface area contributed by atoms with Crippen LogP contribution in [0.3, 0.4) is 0 Å². The lowest BCUT2D eigenvalue weighted by atomic mass is 10.3. The van der Waals surface area contributed by atoms with Gasteiger partial charge in [0.25, 0.3) is 0 Å². The van der Waals surface area contributed by atoms with E-state index in [9.17, 15) is 0 Å². The highest BCUT2D eigenvalue weighted by Gasteiger charge is 2.09. The van der Waals surface area contributed by atoms with Crippen molar-refractivity contribution in [3.05, 3.63) is 53.7 Å². The number of hydrogen-bond donors (Lipinski definition) is 1. The standard InChI is InChI=1S/C17H25N3O/c1-4-20(12-15-7-5-6-10-18-15)13-17-9-8-16(21-17)11-19-14(2)3/h5-10,14,19H,4,11-13H2,1-3H3. The Morgan fingerprint density at radius 3 is 2.62 bits per heavy atom. The van der Waals surface area contributed by atoms with Crippen LogP contribution in [0, 0.1) is 0 Å². The van der Waals surface area contributed by atoms with E-state index in [1.165, 1.54) is 0 Å². The van der Waals surface area contributed by atoms with Crippen LogP contribution < -0.4 is 5.32 Å². The Morgan fingerprint density at radius 2 is 1.95 bits per heavy atom. The summed E-state index contributed by atoms with van der Waals surface area (Å²) in [5.74, 6) is 2.00. The van der Waals surface area contributed by atoms with Crippen molar-refractivity contribution < 1.29 is 4.42 Å². The molecular formula is C17H25N3O. The zero-order valence-corrected chi connectivity index (χ0v) is 13.2. The van der Waals surface area contributed by atoms with Gasteiger partial charge in [-0.05, 0) is 30.8 Å². The van der Waals surface area contributed by atoms with Gasteiger partial charge in [0.05, 0.1) is 18.8 Å². The Balaban J connectivity index is 1.89. The van der Waals surface area contributed by atoms with Gasteiger partial charge in [0, 0.05) is 18.8 Å². The topological polar surface area (TPSA) is 41.3 Å². The monoisotopic (exact) mass is 287 g/mol. The second-order valence-corrected chi connectivity index (χ2v) is 5.53. The fourth-order valence-electron chi connectivity index (χ4n) is 2.13. The summed E-state index contributed by atoms with van der Waals surface area (Å²) in [5.41, 5.74) is 1.09. The summed E-state index contributed by atoms with van der Waals surface area (Å²) in [7, 11) is 0. The summed E-state index contributed by atoms with van der Waals surface area (Å²) in [5, 5.41) is 3.36. The quantitative estimate of drug-likeness (QED) is 0.809. The number of aromatic nitrogens is 1. The Kier molecular flexibility index (Phi) is 5.96. The maximum Gasteiger partial charge on any atom is 0.118 e. The van der Waals surface area contributed by atoms with Gasteiger partial charge in [-0.1, -0.05) is 26.8 Å². The van der Waals surface area contributed by atoms with Crippen LogP contribution in [0.25, 0.3) is 0 Å². The zero-order chi connectivity index (χ0) is 15.1. The molecule has 0 amide bonds. The van der Waals surface area contributed by atoms with E-state index in [4.69, 9.17) is 4.42 Å². The maximum atomic E-state index is 5.88. The average Bonchev–Trinajstić information content (AvgIpc) is 2.93. The molecule has 4 nitrogen and oxygen atoms in total. The first-order valence-electron chi connectivity index (χ1n) is 7.60. The molecule has 2 aromatic rings. The first-order valence-corrected chi connectivity index (χ1v) is 7.60. The summed E-state index contributed by atoms with van der Waals surface area (Å²) in [4.78, 5) is 6.70. The number of rotatable bonds is 8. The van der Waals surface area contributed by atoms with Gasteiger partial charge in [-0.15, -0.1) is 0 Å². The lowest BCUT2D eigenvalue weighted by Crippen LogP contribution is -2.22. The van der Waals surface area contributed by atoms with Crippen molar-refractivity contribution in [2.24, 2.45) is 0 Å². The predicted octanol–water partition coefficient (Wildman–Crippen LogP) is 3.19. The van der Waals surface area contributed by atoms with Gasteiger partial charge in [-0.25, -0.2) is 0 Å². The Hall–Kier alpha value is -1.65. The minimum Gasteiger partial charge on any atom is -0.463 e. The molecule has 2 heterocycles. The lowest BCUT2D eigenvalue weighted by Gasteiger charge is -2.18. The third kappa shape index (κ3) is 5.33. The molecule has 1 N–H and O–H groups in total. The smallest absolute Gasteiger partial charge is 0.118 e. The number of nitrogens with one attached hydrogen (secondary N) is 1. The summed E-state index contributed by atoms with van der Waals surface area (Å²) >= 11 is 0. The van der Waals surface area contributed by atoms with Crippen molar-refractivity contribution in [2.45, 2.75) is 46.4 Å². The lowest BCUT2D eigenvalue weighted by molar-refractivity contribution is 0.241. The van der Waals surface area contributed by atoms with Crippen LogP contribution in [-0.2, 0) is 19.6 Å². The van der Waals surface area contributed by atoms with Crippen LogP contribution in [0.15, 0.2) is 40.9 Å². The number of nitrogens with zero attached hydrogens (tertiary/aromatic N) is 2. The van der Waals surface area contributed by atoms with Gasteiger partial charge in [0.15, 0.2) is 0 Å². The summed E-state index contributed by atoms with van der Waals surface area (Å²) in [6.45, 7) is 9.84. The molecule has 0 aliphatic heterocycles. The van der Waals surface area contributed by atoms with E-state index >= 15 is 0 Å². The molecule has 21 heavy (non-hydrogen) atoms. The molecular weight excluding hydrogens is 262 g/mol. The average molecular weight is 287 g/mol. The van der Waals surface area contributed by atoms with Crippen LogP contribution in [0.4, 0.5) is 0 Å². The SMILES string of the molecule is CCN(Cc1ccccn1)Cc1ccc(CNC(C)C)o1. The van der Waals surface area contributed by atoms with E-state index in [2.05, 4.69) is 54.2 Å². The van der Waals surface area contributed by atoms with E-state index in [1.54, 1.807) is 0 Å². The molecule has 0 atom stereocenters. The summed E-state index contributed by atoms with van der Waals surface area (Å²) in [6, 6.07) is 10.6. The molecule has 0 saturated heterocycles. The minimum absolute atomic E-state index is 0.467. The molecule has 0 spiro atoms. The molecule has 0 saturated carbocycles. The molecule has 4 heteroatoms. The second kappa shape index (κ2) is 7.96. The van der Waals surface area contributed by atoms with E-state index in [-0.39, 0.29) is 0 Å². The van der Waals surface area contributed by atoms with Gasteiger partial charge >= 0.3 is 0 Å². The number of pyridine rings is 1. The van der Waals surface area contributed by atoms with Crippen LogP contribution in [-0.4, -0.2) is 22.5 Å². The highest BCUT2D eigenvalue weighted by atomic mass is 16.3. The van der Waals surface area contributed by atoms with Crippen molar-refractivity contribution in [3.63, 3.8) is 0 Å². The number of furan rings is 1. The molecule has 0 fully saturated rings. The van der Waals surface area contributed by atoms with Gasteiger partial charge in [0.1, 0.15) is 11.5 Å². The Bertz CT molecular complexity index is 522. The third-order valence-electron chi connectivity index (χ3n) is 3.34. The molecule has 0 bridgehead atoms. The van der Waals surface area contributed by atoms with Crippen molar-refractivity contribution >= 4 is 0 Å². The first-order chi connectivity index (χ1) is 10.2. The van der Waals surface area contributed by atoms with Crippen LogP contribution >= 0.6 is 0 Å². The fraction of sp³-hybridized carbons (Fsp3) is 0.471. The molecule has 0 radical (unpaired) electrons. The van der Waals surface area contributed by atoms with Gasteiger partial charge < -0.3 is 9.73 Å². The first kappa shape index (κ1) is 15.7. The maximum absolute atomic E-state index is 5.88. The molecule has 2 rings (SSSR count). The van der Waals surface area contributed by atoms with Crippen LogP contribution in [0.2, 0.25) is 0 Å². The molecule has 0 aliphatic carbocycles. The molecule has 0 aliphatic rings. The van der Waals surface area contributed by atoms with Gasteiger partial charge in [-0.2, -0.15) is 0 Å². The molecule has 0 aromatic carbocycles. The summed E-state index contributed by atoms with van der Waals surface area (Å²) < 4.78 is 5.88. The normalized spacial score (nSPS) is 11.5. The highest BCUT2D eigenvalue weighted by molar-refractivity contribution is 5.08. The highest BCUT2D eigenvalue weighted by Crippen LogP contribution is 2.12. The minimum atomic E-state index is 0.467. The predicted molar refractivity (Wildman–Crippen MR) is 84.7 cm³/mol. The van der Waals surface area contributed by atoms with E-state index < -0.39 is 0 Å². The molecule has 2 aromatic heterocycles. The van der Waals surface area contributed by atoms with Crippen LogP contribution in [0.5, 0.6) is 0 Å². The van der Waals surface area contributed by atoms with Crippen molar-refractivity contribution in [3.8, 4) is 0 Å². The summed E-state index contributed by atoms with van der Waals surface area (Å²) in [6.07, 6.45) is 1.84. The van der Waals surface area contributed by atoms with Gasteiger partial charge in [0.2, 0.25) is 0 Å². The van der Waals surface area contributed by atoms with Crippen molar-refractivity contribution in [1.82, 2.24) is 15.2 Å². The van der Waals surface area contributed by atoms with Crippen molar-refractivity contribution in [2.75, 3.05) is 6.54 Å². The van der Waals surface area contributed by atoms with E-state index in [0.29, 0.717) is 6.04 Å². The second-order valence-electron chi connectivity index (χ2n) is 5.53. The van der Waals surface area contributed by atoms with E-state index in [0.717, 1.165) is 43.4 Å². The molecule has 114 valence electrons. The zero-order valence-electron chi connectivity index (χ0n) is 13.2. The van der Waals surface area contributed by atoms with Crippen LogP contribution in [0.1, 0.15) is 38.0 Å². The third-order valence-corrected chi connectivity index (χ3v) is 3.34. The Morgan fingerprint density at radius 1 is 1.14 bits per heavy atom. The fourth-order valence-corrected chi connectivity index (χ4v) is 2.13. The van der Waals surface area contributed by atoms with Crippen molar-refractivity contribution in [1.29, 1.82) is 0 Å². The number of hydrogen-bond acceptors (Lipinski definition) is 4. The molecule has 0 unspecified atom stereocenters.